The fourth-order valence-electron chi connectivity index (χ4n) is 3.39. The van der Waals surface area contributed by atoms with Gasteiger partial charge in [-0.3, -0.25) is 0 Å². The van der Waals surface area contributed by atoms with Crippen LogP contribution in [0.15, 0.2) is 0 Å². The molecule has 0 bridgehead atoms. The maximum Gasteiger partial charge on any atom is 0.0808 e. The number of piperidine rings is 1. The van der Waals surface area contributed by atoms with Crippen LogP contribution in [0.3, 0.4) is 0 Å². The SMILES string of the molecule is CC(C)N(CCCSCC#N)C[C@@H]1CCCN(CCCSCC#N)C1. The van der Waals surface area contributed by atoms with Crippen LogP contribution in [0.25, 0.3) is 0 Å². The van der Waals surface area contributed by atoms with Gasteiger partial charge in [-0.25, -0.2) is 0 Å². The van der Waals surface area contributed by atoms with Gasteiger partial charge in [-0.1, -0.05) is 0 Å². The van der Waals surface area contributed by atoms with E-state index >= 15 is 0 Å². The number of rotatable bonds is 13. The Balaban J connectivity index is 2.26. The third kappa shape index (κ3) is 11.0. The van der Waals surface area contributed by atoms with E-state index < -0.39 is 0 Å². The lowest BCUT2D eigenvalue weighted by molar-refractivity contribution is 0.118. The van der Waals surface area contributed by atoms with E-state index in [1.165, 1.54) is 51.9 Å². The first-order valence-electron chi connectivity index (χ1n) is 9.53. The normalized spacial score (nSPS) is 18.4. The monoisotopic (exact) mass is 382 g/mol. The zero-order valence-electron chi connectivity index (χ0n) is 16.0. The van der Waals surface area contributed by atoms with Crippen LogP contribution in [0.2, 0.25) is 0 Å². The molecule has 1 rings (SSSR count). The summed E-state index contributed by atoms with van der Waals surface area (Å²) in [5.41, 5.74) is 0. The summed E-state index contributed by atoms with van der Waals surface area (Å²) in [6, 6.07) is 5.00. The molecule has 0 aromatic rings. The molecule has 6 heteroatoms. The largest absolute Gasteiger partial charge is 0.303 e. The van der Waals surface area contributed by atoms with Crippen molar-refractivity contribution in [3.63, 3.8) is 0 Å². The number of thioether (sulfide) groups is 2. The van der Waals surface area contributed by atoms with Gasteiger partial charge in [0.25, 0.3) is 0 Å². The Morgan fingerprint density at radius 3 is 2.44 bits per heavy atom. The first-order chi connectivity index (χ1) is 12.2. The number of likely N-dealkylation sites (tertiary alicyclic amines) is 1. The molecule has 0 aromatic carbocycles. The highest BCUT2D eigenvalue weighted by atomic mass is 32.2. The fraction of sp³-hybridized carbons (Fsp3) is 0.895. The highest BCUT2D eigenvalue weighted by Crippen LogP contribution is 2.19. The second-order valence-electron chi connectivity index (χ2n) is 7.03. The van der Waals surface area contributed by atoms with Gasteiger partial charge in [0.15, 0.2) is 0 Å². The van der Waals surface area contributed by atoms with Gasteiger partial charge < -0.3 is 9.80 Å². The summed E-state index contributed by atoms with van der Waals surface area (Å²) in [5.74, 6) is 4.22. The van der Waals surface area contributed by atoms with Crippen molar-refractivity contribution in [3.05, 3.63) is 0 Å². The van der Waals surface area contributed by atoms with Crippen molar-refractivity contribution < 1.29 is 0 Å². The van der Waals surface area contributed by atoms with Crippen molar-refractivity contribution in [2.45, 2.75) is 45.6 Å². The molecule has 0 radical (unpaired) electrons. The lowest BCUT2D eigenvalue weighted by Crippen LogP contribution is -2.43. The minimum Gasteiger partial charge on any atom is -0.303 e. The Morgan fingerprint density at radius 2 is 1.80 bits per heavy atom. The van der Waals surface area contributed by atoms with E-state index in [0.717, 1.165) is 24.0 Å². The van der Waals surface area contributed by atoms with Crippen molar-refractivity contribution >= 4 is 23.5 Å². The van der Waals surface area contributed by atoms with Crippen LogP contribution in [0.1, 0.15) is 39.5 Å². The predicted molar refractivity (Wildman–Crippen MR) is 111 cm³/mol. The Morgan fingerprint density at radius 1 is 1.12 bits per heavy atom. The summed E-state index contributed by atoms with van der Waals surface area (Å²) in [4.78, 5) is 5.26. The molecule has 0 N–H and O–H groups in total. The molecule has 1 aliphatic rings. The maximum absolute atomic E-state index is 8.61. The molecule has 25 heavy (non-hydrogen) atoms. The van der Waals surface area contributed by atoms with Crippen molar-refractivity contribution in [1.82, 2.24) is 9.80 Å². The molecule has 1 heterocycles. The zero-order valence-corrected chi connectivity index (χ0v) is 17.6. The molecule has 1 saturated heterocycles. The molecule has 1 atom stereocenters. The second kappa shape index (κ2) is 14.7. The molecule has 1 aliphatic heterocycles. The molecule has 1 fully saturated rings. The summed E-state index contributed by atoms with van der Waals surface area (Å²) >= 11 is 3.50. The van der Waals surface area contributed by atoms with Crippen LogP contribution < -0.4 is 0 Å². The van der Waals surface area contributed by atoms with Crippen LogP contribution in [0.4, 0.5) is 0 Å². The summed E-state index contributed by atoms with van der Waals surface area (Å²) in [7, 11) is 0. The third-order valence-corrected chi connectivity index (χ3v) is 6.48. The number of nitrogens with zero attached hydrogens (tertiary/aromatic N) is 4. The average Bonchev–Trinajstić information content (AvgIpc) is 2.60. The number of nitriles is 2. The Kier molecular flexibility index (Phi) is 13.3. The molecule has 0 amide bonds. The van der Waals surface area contributed by atoms with E-state index in [1.54, 1.807) is 23.5 Å². The van der Waals surface area contributed by atoms with Crippen molar-refractivity contribution in [2.24, 2.45) is 5.92 Å². The van der Waals surface area contributed by atoms with Gasteiger partial charge in [0.05, 0.1) is 23.6 Å². The van der Waals surface area contributed by atoms with Crippen molar-refractivity contribution in [1.29, 1.82) is 10.5 Å². The van der Waals surface area contributed by atoms with Gasteiger partial charge in [-0.05, 0) is 76.6 Å². The van der Waals surface area contributed by atoms with E-state index in [2.05, 4.69) is 35.8 Å². The Labute approximate surface area is 163 Å². The van der Waals surface area contributed by atoms with E-state index in [-0.39, 0.29) is 0 Å². The van der Waals surface area contributed by atoms with Gasteiger partial charge in [0, 0.05) is 19.1 Å². The van der Waals surface area contributed by atoms with E-state index in [0.29, 0.717) is 17.5 Å². The topological polar surface area (TPSA) is 54.1 Å². The second-order valence-corrected chi connectivity index (χ2v) is 9.24. The molecule has 0 saturated carbocycles. The van der Waals surface area contributed by atoms with Crippen LogP contribution in [-0.2, 0) is 0 Å². The molecule has 4 nitrogen and oxygen atoms in total. The highest BCUT2D eigenvalue weighted by molar-refractivity contribution is 7.99. The van der Waals surface area contributed by atoms with Gasteiger partial charge in [0.1, 0.15) is 0 Å². The summed E-state index contributed by atoms with van der Waals surface area (Å²) in [6.45, 7) is 10.6. The fourth-order valence-corrected chi connectivity index (χ4v) is 4.53. The van der Waals surface area contributed by atoms with Crippen molar-refractivity contribution in [2.75, 3.05) is 55.7 Å². The Bertz CT molecular complexity index is 417. The van der Waals surface area contributed by atoms with Crippen LogP contribution >= 0.6 is 23.5 Å². The minimum atomic E-state index is 0.596. The number of hydrogen-bond acceptors (Lipinski definition) is 6. The smallest absolute Gasteiger partial charge is 0.0808 e. The van der Waals surface area contributed by atoms with Gasteiger partial charge in [0.2, 0.25) is 0 Å². The highest BCUT2D eigenvalue weighted by Gasteiger charge is 2.22. The van der Waals surface area contributed by atoms with Crippen LogP contribution in [-0.4, -0.2) is 71.6 Å². The Hall–Kier alpha value is -0.400. The zero-order chi connectivity index (χ0) is 18.3. The lowest BCUT2D eigenvalue weighted by Gasteiger charge is -2.37. The van der Waals surface area contributed by atoms with E-state index in [4.69, 9.17) is 10.5 Å². The summed E-state index contributed by atoms with van der Waals surface area (Å²) < 4.78 is 0. The maximum atomic E-state index is 8.61. The molecular weight excluding hydrogens is 348 g/mol. The first kappa shape index (κ1) is 22.6. The van der Waals surface area contributed by atoms with Crippen LogP contribution in [0.5, 0.6) is 0 Å². The standard InChI is InChI=1S/C19H34N4S2/c1-18(2)23(11-5-13-25-15-8-21)17-19-6-3-9-22(16-19)10-4-12-24-14-7-20/h18-19H,3-6,9-17H2,1-2H3/t19-/m1/s1. The van der Waals surface area contributed by atoms with E-state index in [9.17, 15) is 0 Å². The molecule has 0 unspecified atom stereocenters. The number of hydrogen-bond donors (Lipinski definition) is 0. The molecular formula is C19H34N4S2. The first-order valence-corrected chi connectivity index (χ1v) is 11.8. The summed E-state index contributed by atoms with van der Waals surface area (Å²) in [6.07, 6.45) is 5.05. The molecule has 142 valence electrons. The molecule has 0 aliphatic carbocycles. The lowest BCUT2D eigenvalue weighted by atomic mass is 9.96. The third-order valence-electron chi connectivity index (χ3n) is 4.66. The van der Waals surface area contributed by atoms with Gasteiger partial charge in [-0.15, -0.1) is 23.5 Å². The van der Waals surface area contributed by atoms with E-state index in [1.807, 2.05) is 0 Å². The molecule has 0 aromatic heterocycles. The predicted octanol–water partition coefficient (Wildman–Crippen LogP) is 3.70. The summed E-state index contributed by atoms with van der Waals surface area (Å²) in [5, 5.41) is 17.2. The van der Waals surface area contributed by atoms with Gasteiger partial charge in [-0.2, -0.15) is 10.5 Å². The van der Waals surface area contributed by atoms with Gasteiger partial charge >= 0.3 is 0 Å². The molecule has 0 spiro atoms. The quantitative estimate of drug-likeness (QED) is 0.453. The van der Waals surface area contributed by atoms with Crippen molar-refractivity contribution in [3.8, 4) is 12.1 Å². The minimum absolute atomic E-state index is 0.596. The van der Waals surface area contributed by atoms with Crippen LogP contribution in [0, 0.1) is 28.6 Å². The average molecular weight is 383 g/mol.